The zero-order valence-electron chi connectivity index (χ0n) is 9.82. The minimum absolute atomic E-state index is 0.0777. The van der Waals surface area contributed by atoms with Crippen molar-refractivity contribution in [1.29, 1.82) is 0 Å². The molecule has 0 fully saturated rings. The molecule has 4 nitrogen and oxygen atoms in total. The summed E-state index contributed by atoms with van der Waals surface area (Å²) in [5.74, 6) is -0.360. The first-order chi connectivity index (χ1) is 7.02. The molecule has 0 aromatic rings. The normalized spacial score (nSPS) is 10.8. The molecule has 0 aromatic heterocycles. The predicted molar refractivity (Wildman–Crippen MR) is 59.6 cm³/mol. The van der Waals surface area contributed by atoms with Crippen molar-refractivity contribution >= 4 is 5.97 Å². The molecule has 4 heteroatoms. The fraction of sp³-hybridized carbons (Fsp3) is 0.727. The summed E-state index contributed by atoms with van der Waals surface area (Å²) in [6.45, 7) is 10.9. The van der Waals surface area contributed by atoms with Crippen LogP contribution in [0.4, 0.5) is 0 Å². The van der Waals surface area contributed by atoms with Gasteiger partial charge in [0.05, 0.1) is 13.2 Å². The van der Waals surface area contributed by atoms with Gasteiger partial charge >= 0.3 is 5.97 Å². The molecule has 0 aliphatic heterocycles. The highest BCUT2D eigenvalue weighted by Crippen LogP contribution is 2.04. The number of ether oxygens (including phenoxy) is 1. The van der Waals surface area contributed by atoms with Crippen molar-refractivity contribution in [3.63, 3.8) is 0 Å². The van der Waals surface area contributed by atoms with E-state index in [-0.39, 0.29) is 18.6 Å². The predicted octanol–water partition coefficient (Wildman–Crippen LogP) is 0.808. The largest absolute Gasteiger partial charge is 0.463 e. The van der Waals surface area contributed by atoms with Crippen LogP contribution in [0, 0.1) is 0 Å². The summed E-state index contributed by atoms with van der Waals surface area (Å²) in [5, 5.41) is 8.85. The van der Waals surface area contributed by atoms with Crippen LogP contribution in [0.25, 0.3) is 0 Å². The second-order valence-corrected chi connectivity index (χ2v) is 3.61. The summed E-state index contributed by atoms with van der Waals surface area (Å²) in [7, 11) is 0. The van der Waals surface area contributed by atoms with E-state index in [0.29, 0.717) is 25.3 Å². The van der Waals surface area contributed by atoms with Crippen molar-refractivity contribution in [3.8, 4) is 0 Å². The van der Waals surface area contributed by atoms with Crippen LogP contribution < -0.4 is 0 Å². The first-order valence-electron chi connectivity index (χ1n) is 5.22. The second kappa shape index (κ2) is 7.43. The third kappa shape index (κ3) is 5.54. The molecule has 15 heavy (non-hydrogen) atoms. The monoisotopic (exact) mass is 215 g/mol. The van der Waals surface area contributed by atoms with E-state index in [4.69, 9.17) is 9.84 Å². The molecule has 0 saturated carbocycles. The van der Waals surface area contributed by atoms with Crippen LogP contribution in [0.1, 0.15) is 20.8 Å². The molecular weight excluding hydrogens is 194 g/mol. The van der Waals surface area contributed by atoms with Gasteiger partial charge in [0.15, 0.2) is 0 Å². The molecule has 0 bridgehead atoms. The van der Waals surface area contributed by atoms with Crippen LogP contribution in [0.15, 0.2) is 12.2 Å². The molecule has 0 aliphatic carbocycles. The average molecular weight is 215 g/mol. The Morgan fingerprint density at radius 1 is 1.53 bits per heavy atom. The third-order valence-corrected chi connectivity index (χ3v) is 2.08. The number of hydrogen-bond acceptors (Lipinski definition) is 4. The van der Waals surface area contributed by atoms with Gasteiger partial charge in [0.25, 0.3) is 0 Å². The third-order valence-electron chi connectivity index (χ3n) is 2.08. The number of esters is 1. The molecule has 0 atom stereocenters. The summed E-state index contributed by atoms with van der Waals surface area (Å²) < 4.78 is 4.83. The van der Waals surface area contributed by atoms with Crippen molar-refractivity contribution in [1.82, 2.24) is 4.90 Å². The summed E-state index contributed by atoms with van der Waals surface area (Å²) in [6, 6.07) is 0.267. The SMILES string of the molecule is C=C(CN(CCO)C(C)C)C(=O)OCC. The molecule has 0 amide bonds. The number of rotatable bonds is 7. The van der Waals surface area contributed by atoms with Gasteiger partial charge in [-0.3, -0.25) is 4.90 Å². The maximum absolute atomic E-state index is 11.3. The van der Waals surface area contributed by atoms with Crippen molar-refractivity contribution in [2.75, 3.05) is 26.3 Å². The first kappa shape index (κ1) is 14.1. The molecule has 0 rings (SSSR count). The van der Waals surface area contributed by atoms with Crippen molar-refractivity contribution in [2.24, 2.45) is 0 Å². The molecule has 0 spiro atoms. The van der Waals surface area contributed by atoms with E-state index in [1.54, 1.807) is 6.92 Å². The number of aliphatic hydroxyl groups is 1. The molecule has 88 valence electrons. The van der Waals surface area contributed by atoms with E-state index >= 15 is 0 Å². The van der Waals surface area contributed by atoms with Crippen molar-refractivity contribution in [2.45, 2.75) is 26.8 Å². The zero-order chi connectivity index (χ0) is 11.8. The van der Waals surface area contributed by atoms with Crippen molar-refractivity contribution in [3.05, 3.63) is 12.2 Å². The van der Waals surface area contributed by atoms with E-state index in [2.05, 4.69) is 6.58 Å². The number of carbonyl (C=O) groups is 1. The highest BCUT2D eigenvalue weighted by Gasteiger charge is 2.15. The van der Waals surface area contributed by atoms with Gasteiger partial charge in [0.1, 0.15) is 0 Å². The quantitative estimate of drug-likeness (QED) is 0.504. The average Bonchev–Trinajstić information content (AvgIpc) is 2.17. The summed E-state index contributed by atoms with van der Waals surface area (Å²) >= 11 is 0. The Balaban J connectivity index is 4.16. The molecule has 0 unspecified atom stereocenters. The van der Waals surface area contributed by atoms with E-state index in [1.165, 1.54) is 0 Å². The minimum Gasteiger partial charge on any atom is -0.463 e. The lowest BCUT2D eigenvalue weighted by atomic mass is 10.2. The molecule has 0 saturated heterocycles. The second-order valence-electron chi connectivity index (χ2n) is 3.61. The number of aliphatic hydroxyl groups excluding tert-OH is 1. The molecule has 1 N–H and O–H groups in total. The smallest absolute Gasteiger partial charge is 0.334 e. The van der Waals surface area contributed by atoms with Crippen LogP contribution in [0.5, 0.6) is 0 Å². The number of carbonyl (C=O) groups excluding carboxylic acids is 1. The van der Waals surface area contributed by atoms with Gasteiger partial charge in [-0.25, -0.2) is 4.79 Å². The maximum Gasteiger partial charge on any atom is 0.334 e. The Hall–Kier alpha value is -0.870. The lowest BCUT2D eigenvalue weighted by Gasteiger charge is -2.25. The minimum atomic E-state index is -0.360. The molecule has 0 aromatic carbocycles. The van der Waals surface area contributed by atoms with E-state index in [0.717, 1.165) is 0 Å². The van der Waals surface area contributed by atoms with E-state index in [1.807, 2.05) is 18.7 Å². The first-order valence-corrected chi connectivity index (χ1v) is 5.22. The van der Waals surface area contributed by atoms with Gasteiger partial charge in [-0.15, -0.1) is 0 Å². The Morgan fingerprint density at radius 2 is 2.13 bits per heavy atom. The van der Waals surface area contributed by atoms with Crippen LogP contribution in [0.3, 0.4) is 0 Å². The maximum atomic E-state index is 11.3. The fourth-order valence-electron chi connectivity index (χ4n) is 1.19. The van der Waals surface area contributed by atoms with E-state index < -0.39 is 0 Å². The lowest BCUT2D eigenvalue weighted by Crippen LogP contribution is -2.36. The molecule has 0 heterocycles. The number of nitrogens with zero attached hydrogens (tertiary/aromatic N) is 1. The standard InChI is InChI=1S/C11H21NO3/c1-5-15-11(14)10(4)8-12(6-7-13)9(2)3/h9,13H,4-8H2,1-3H3. The van der Waals surface area contributed by atoms with Gasteiger partial charge < -0.3 is 9.84 Å². The van der Waals surface area contributed by atoms with Gasteiger partial charge in [0, 0.05) is 24.7 Å². The van der Waals surface area contributed by atoms with E-state index in [9.17, 15) is 4.79 Å². The van der Waals surface area contributed by atoms with Gasteiger partial charge in [-0.2, -0.15) is 0 Å². The summed E-state index contributed by atoms with van der Waals surface area (Å²) in [4.78, 5) is 13.3. The highest BCUT2D eigenvalue weighted by atomic mass is 16.5. The molecule has 0 radical (unpaired) electrons. The topological polar surface area (TPSA) is 49.8 Å². The fourth-order valence-corrected chi connectivity index (χ4v) is 1.19. The Morgan fingerprint density at radius 3 is 2.53 bits per heavy atom. The molecular formula is C11H21NO3. The van der Waals surface area contributed by atoms with Gasteiger partial charge in [0.2, 0.25) is 0 Å². The van der Waals surface area contributed by atoms with Crippen LogP contribution in [-0.2, 0) is 9.53 Å². The highest BCUT2D eigenvalue weighted by molar-refractivity contribution is 5.88. The zero-order valence-corrected chi connectivity index (χ0v) is 9.82. The van der Waals surface area contributed by atoms with Gasteiger partial charge in [-0.05, 0) is 20.8 Å². The lowest BCUT2D eigenvalue weighted by molar-refractivity contribution is -0.138. The Kier molecular flexibility index (Phi) is 6.99. The Bertz CT molecular complexity index is 214. The summed E-state index contributed by atoms with van der Waals surface area (Å²) in [5.41, 5.74) is 0.430. The van der Waals surface area contributed by atoms with Crippen LogP contribution in [-0.4, -0.2) is 48.3 Å². The van der Waals surface area contributed by atoms with Crippen LogP contribution in [0.2, 0.25) is 0 Å². The molecule has 0 aliphatic rings. The van der Waals surface area contributed by atoms with Crippen LogP contribution >= 0.6 is 0 Å². The van der Waals surface area contributed by atoms with Gasteiger partial charge in [-0.1, -0.05) is 6.58 Å². The number of hydrogen-bond donors (Lipinski definition) is 1. The Labute approximate surface area is 91.5 Å². The summed E-state index contributed by atoms with van der Waals surface area (Å²) in [6.07, 6.45) is 0. The van der Waals surface area contributed by atoms with Crippen molar-refractivity contribution < 1.29 is 14.6 Å².